The average molecular weight is 427 g/mol. The summed E-state index contributed by atoms with van der Waals surface area (Å²) in [5.74, 6) is -0.511. The number of hydrogen-bond donors (Lipinski definition) is 0. The van der Waals surface area contributed by atoms with Gasteiger partial charge in [-0.1, -0.05) is 62.8 Å². The molecule has 0 aromatic heterocycles. The Morgan fingerprint density at radius 3 is 2.61 bits per heavy atom. The second-order valence-corrected chi connectivity index (χ2v) is 9.61. The summed E-state index contributed by atoms with van der Waals surface area (Å²) in [7, 11) is 0. The average Bonchev–Trinajstić information content (AvgIpc) is 3.18. The van der Waals surface area contributed by atoms with Crippen molar-refractivity contribution in [2.45, 2.75) is 88.3 Å². The predicted octanol–water partition coefficient (Wildman–Crippen LogP) is 5.14. The van der Waals surface area contributed by atoms with Crippen molar-refractivity contribution in [3.8, 4) is 0 Å². The first-order chi connectivity index (χ1) is 15.2. The van der Waals surface area contributed by atoms with E-state index in [9.17, 15) is 4.79 Å². The zero-order valence-corrected chi connectivity index (χ0v) is 18.2. The van der Waals surface area contributed by atoms with Gasteiger partial charge >= 0.3 is 5.97 Å². The second kappa shape index (κ2) is 9.33. The predicted molar refractivity (Wildman–Crippen MR) is 117 cm³/mol. The van der Waals surface area contributed by atoms with Crippen LogP contribution in [0.3, 0.4) is 0 Å². The quantitative estimate of drug-likeness (QED) is 0.502. The number of allylic oxidation sites excluding steroid dienone is 4. The van der Waals surface area contributed by atoms with Crippen LogP contribution in [0, 0.1) is 11.8 Å². The molecule has 3 fully saturated rings. The fraction of sp³-hybridized carbons (Fsp3) is 0.654. The van der Waals surface area contributed by atoms with Gasteiger partial charge in [0.15, 0.2) is 0 Å². The molecule has 0 amide bonds. The standard InChI is InChI=1S/C26H34O5/c27-25-22-12-9-13-23-24(22)19(18-28-23)10-5-3-1-2-4-6-11-20-16-21(30-25)17-26(31-20)14-7-8-15-29-26/h7-9,12-15,19-21,23-24H,1-6,10-11,16-18H2/t19?,20-,21+,23?,24?,26-/m0/s1. The molecule has 0 N–H and O–H groups in total. The molecule has 1 spiro atoms. The third-order valence-corrected chi connectivity index (χ3v) is 7.37. The van der Waals surface area contributed by atoms with Gasteiger partial charge in [-0.2, -0.15) is 0 Å². The van der Waals surface area contributed by atoms with Gasteiger partial charge in [0, 0.05) is 17.9 Å². The molecule has 4 aliphatic heterocycles. The molecule has 0 radical (unpaired) electrons. The lowest BCUT2D eigenvalue weighted by Crippen LogP contribution is -2.48. The summed E-state index contributed by atoms with van der Waals surface area (Å²) in [4.78, 5) is 13.3. The van der Waals surface area contributed by atoms with Gasteiger partial charge in [-0.25, -0.2) is 4.79 Å². The summed E-state index contributed by atoms with van der Waals surface area (Å²) in [6.07, 6.45) is 24.0. The fourth-order valence-corrected chi connectivity index (χ4v) is 5.83. The van der Waals surface area contributed by atoms with Crippen LogP contribution < -0.4 is 0 Å². The summed E-state index contributed by atoms with van der Waals surface area (Å²) in [6, 6.07) is 0. The van der Waals surface area contributed by atoms with Gasteiger partial charge in [-0.05, 0) is 30.9 Å². The molecule has 0 aromatic rings. The normalized spacial score (nSPS) is 40.7. The van der Waals surface area contributed by atoms with Crippen LogP contribution in [0.1, 0.15) is 64.2 Å². The minimum absolute atomic E-state index is 0.0000354. The van der Waals surface area contributed by atoms with Crippen LogP contribution in [0.5, 0.6) is 0 Å². The van der Waals surface area contributed by atoms with Crippen molar-refractivity contribution in [2.75, 3.05) is 6.61 Å². The Kier molecular flexibility index (Phi) is 6.33. The summed E-state index contributed by atoms with van der Waals surface area (Å²) >= 11 is 0. The van der Waals surface area contributed by atoms with E-state index >= 15 is 0 Å². The molecule has 5 aliphatic rings. The number of fused-ring (bicyclic) bond motifs is 2. The second-order valence-electron chi connectivity index (χ2n) is 9.61. The van der Waals surface area contributed by atoms with E-state index in [1.165, 1.54) is 32.1 Å². The maximum absolute atomic E-state index is 13.3. The molecule has 3 unspecified atom stereocenters. The number of rotatable bonds is 0. The molecule has 5 rings (SSSR count). The first-order valence-electron chi connectivity index (χ1n) is 12.1. The minimum Gasteiger partial charge on any atom is -0.466 e. The molecule has 0 aromatic carbocycles. The van der Waals surface area contributed by atoms with Gasteiger partial charge in [-0.15, -0.1) is 0 Å². The number of carbonyl (C=O) groups is 1. The highest BCUT2D eigenvalue weighted by atomic mass is 16.7. The first kappa shape index (κ1) is 21.0. The lowest BCUT2D eigenvalue weighted by molar-refractivity contribution is -0.250. The highest BCUT2D eigenvalue weighted by molar-refractivity contribution is 5.90. The largest absolute Gasteiger partial charge is 0.466 e. The molecule has 3 saturated heterocycles. The monoisotopic (exact) mass is 426 g/mol. The first-order valence-corrected chi connectivity index (χ1v) is 12.1. The third kappa shape index (κ3) is 4.68. The van der Waals surface area contributed by atoms with E-state index in [1.807, 2.05) is 30.4 Å². The van der Waals surface area contributed by atoms with E-state index in [4.69, 9.17) is 18.9 Å². The summed E-state index contributed by atoms with van der Waals surface area (Å²) in [5.41, 5.74) is 0.777. The Morgan fingerprint density at radius 2 is 1.77 bits per heavy atom. The highest BCUT2D eigenvalue weighted by Gasteiger charge is 2.46. The van der Waals surface area contributed by atoms with Crippen molar-refractivity contribution < 1.29 is 23.7 Å². The molecule has 2 bridgehead atoms. The molecule has 31 heavy (non-hydrogen) atoms. The van der Waals surface area contributed by atoms with Crippen molar-refractivity contribution in [3.05, 3.63) is 48.3 Å². The van der Waals surface area contributed by atoms with Crippen molar-refractivity contribution in [1.29, 1.82) is 0 Å². The lowest BCUT2D eigenvalue weighted by Gasteiger charge is -2.42. The van der Waals surface area contributed by atoms with Gasteiger partial charge in [-0.3, -0.25) is 0 Å². The molecule has 5 nitrogen and oxygen atoms in total. The Hall–Kier alpha value is -1.85. The summed E-state index contributed by atoms with van der Waals surface area (Å²) in [5, 5.41) is 0. The Balaban J connectivity index is 1.37. The van der Waals surface area contributed by atoms with E-state index in [1.54, 1.807) is 6.26 Å². The van der Waals surface area contributed by atoms with Crippen molar-refractivity contribution in [3.63, 3.8) is 0 Å². The highest BCUT2D eigenvalue weighted by Crippen LogP contribution is 2.41. The van der Waals surface area contributed by atoms with E-state index in [2.05, 4.69) is 6.08 Å². The molecule has 6 atom stereocenters. The van der Waals surface area contributed by atoms with Gasteiger partial charge in [0.05, 0.1) is 31.5 Å². The third-order valence-electron chi connectivity index (χ3n) is 7.37. The zero-order chi connectivity index (χ0) is 21.1. The van der Waals surface area contributed by atoms with Crippen molar-refractivity contribution in [1.82, 2.24) is 0 Å². The van der Waals surface area contributed by atoms with E-state index in [0.717, 1.165) is 37.9 Å². The van der Waals surface area contributed by atoms with Crippen LogP contribution in [0.25, 0.3) is 0 Å². The van der Waals surface area contributed by atoms with Crippen molar-refractivity contribution >= 4 is 5.97 Å². The van der Waals surface area contributed by atoms with E-state index in [-0.39, 0.29) is 30.2 Å². The van der Waals surface area contributed by atoms with Crippen LogP contribution in [-0.4, -0.2) is 36.7 Å². The maximum atomic E-state index is 13.3. The van der Waals surface area contributed by atoms with E-state index in [0.29, 0.717) is 12.3 Å². The van der Waals surface area contributed by atoms with E-state index < -0.39 is 5.79 Å². The number of esters is 1. The number of carbonyl (C=O) groups excluding carboxylic acids is 1. The Labute approximate surface area is 185 Å². The zero-order valence-electron chi connectivity index (χ0n) is 18.2. The Morgan fingerprint density at radius 1 is 0.935 bits per heavy atom. The minimum atomic E-state index is -0.823. The molecule has 0 saturated carbocycles. The molecule has 168 valence electrons. The number of ether oxygens (including phenoxy) is 4. The van der Waals surface area contributed by atoms with Crippen LogP contribution in [-0.2, 0) is 23.7 Å². The molecular formula is C26H34O5. The van der Waals surface area contributed by atoms with Gasteiger partial charge < -0.3 is 18.9 Å². The molecule has 4 heterocycles. The SMILES string of the molecule is O=C1O[C@@H]2C[C@H](CCCCCCCCC3COC4C=CC=C1C34)O[C@@]1(C=CC=CO1)C2. The van der Waals surface area contributed by atoms with Crippen LogP contribution in [0.4, 0.5) is 0 Å². The van der Waals surface area contributed by atoms with Crippen LogP contribution >= 0.6 is 0 Å². The molecule has 5 heteroatoms. The lowest BCUT2D eigenvalue weighted by atomic mass is 9.79. The molecule has 1 aliphatic carbocycles. The van der Waals surface area contributed by atoms with Gasteiger partial charge in [0.1, 0.15) is 6.10 Å². The topological polar surface area (TPSA) is 54.0 Å². The van der Waals surface area contributed by atoms with Crippen LogP contribution in [0.2, 0.25) is 0 Å². The maximum Gasteiger partial charge on any atom is 0.334 e. The smallest absolute Gasteiger partial charge is 0.334 e. The summed E-state index contributed by atoms with van der Waals surface area (Å²) in [6.45, 7) is 0.734. The molecular weight excluding hydrogens is 392 g/mol. The number of hydrogen-bond acceptors (Lipinski definition) is 5. The fourth-order valence-electron chi connectivity index (χ4n) is 5.83. The van der Waals surface area contributed by atoms with Crippen LogP contribution in [0.15, 0.2) is 48.3 Å². The van der Waals surface area contributed by atoms with Crippen molar-refractivity contribution in [2.24, 2.45) is 11.8 Å². The Bertz CT molecular complexity index is 781. The summed E-state index contributed by atoms with van der Waals surface area (Å²) < 4.78 is 24.5. The van der Waals surface area contributed by atoms with Gasteiger partial charge in [0.25, 0.3) is 0 Å². The van der Waals surface area contributed by atoms with Gasteiger partial charge in [0.2, 0.25) is 5.79 Å².